The van der Waals surface area contributed by atoms with E-state index >= 15 is 0 Å². The van der Waals surface area contributed by atoms with Crippen molar-refractivity contribution in [3.8, 4) is 5.75 Å². The summed E-state index contributed by atoms with van der Waals surface area (Å²) in [5, 5.41) is 0. The van der Waals surface area contributed by atoms with Gasteiger partial charge in [-0.15, -0.1) is 0 Å². The van der Waals surface area contributed by atoms with E-state index in [0.717, 1.165) is 18.6 Å². The third kappa shape index (κ3) is 2.43. The lowest BCUT2D eigenvalue weighted by molar-refractivity contribution is -0.125. The lowest BCUT2D eigenvalue weighted by Gasteiger charge is -2.25. The van der Waals surface area contributed by atoms with E-state index in [0.29, 0.717) is 18.3 Å². The molecule has 2 heteroatoms. The molecular weight excluding hydrogens is 224 g/mol. The molecule has 1 atom stereocenters. The maximum atomic E-state index is 12.3. The molecular formula is C16H20O2. The van der Waals surface area contributed by atoms with E-state index in [1.165, 1.54) is 31.2 Å². The Labute approximate surface area is 108 Å². The zero-order chi connectivity index (χ0) is 12.4. The highest BCUT2D eigenvalue weighted by Crippen LogP contribution is 2.32. The normalized spacial score (nSPS) is 23.4. The van der Waals surface area contributed by atoms with E-state index in [1.807, 2.05) is 18.2 Å². The Morgan fingerprint density at radius 2 is 2.00 bits per heavy atom. The molecule has 3 rings (SSSR count). The number of Topliss-reactive ketones (excluding diaryl/α,β-unsaturated/α-hetero) is 1. The Morgan fingerprint density at radius 1 is 1.22 bits per heavy atom. The number of fused-ring (bicyclic) bond motifs is 1. The predicted molar refractivity (Wildman–Crippen MR) is 70.7 cm³/mol. The number of ketones is 1. The third-order valence-electron chi connectivity index (χ3n) is 4.30. The predicted octanol–water partition coefficient (Wildman–Crippen LogP) is 3.39. The highest BCUT2D eigenvalue weighted by atomic mass is 16.5. The van der Waals surface area contributed by atoms with Crippen molar-refractivity contribution in [2.24, 2.45) is 11.8 Å². The van der Waals surface area contributed by atoms with Crippen LogP contribution in [0.25, 0.3) is 0 Å². The topological polar surface area (TPSA) is 26.3 Å². The minimum Gasteiger partial charge on any atom is -0.493 e. The maximum absolute atomic E-state index is 12.3. The molecule has 1 aliphatic carbocycles. The first-order valence-corrected chi connectivity index (χ1v) is 7.06. The van der Waals surface area contributed by atoms with Gasteiger partial charge in [-0.1, -0.05) is 43.9 Å². The Balaban J connectivity index is 1.62. The van der Waals surface area contributed by atoms with E-state index in [4.69, 9.17) is 4.74 Å². The molecule has 1 saturated carbocycles. The standard InChI is InChI=1S/C16H20O2/c17-15(9-12-5-1-2-6-12)14-10-13-7-3-4-8-16(13)18-11-14/h3-4,7-8,12,14H,1-2,5-6,9-11H2. The van der Waals surface area contributed by atoms with Crippen LogP contribution in [0.4, 0.5) is 0 Å². The van der Waals surface area contributed by atoms with E-state index < -0.39 is 0 Å². The number of rotatable bonds is 3. The Kier molecular flexibility index (Phi) is 3.35. The van der Waals surface area contributed by atoms with Gasteiger partial charge in [-0.3, -0.25) is 4.79 Å². The second kappa shape index (κ2) is 5.13. The molecule has 96 valence electrons. The number of hydrogen-bond donors (Lipinski definition) is 0. The average molecular weight is 244 g/mol. The smallest absolute Gasteiger partial charge is 0.139 e. The van der Waals surface area contributed by atoms with Crippen LogP contribution < -0.4 is 4.74 Å². The SMILES string of the molecule is O=C(CC1CCCC1)C1COc2ccccc2C1. The zero-order valence-electron chi connectivity index (χ0n) is 10.7. The van der Waals surface area contributed by atoms with Gasteiger partial charge < -0.3 is 4.74 Å². The summed E-state index contributed by atoms with van der Waals surface area (Å²) in [6.45, 7) is 0.572. The fraction of sp³-hybridized carbons (Fsp3) is 0.562. The van der Waals surface area contributed by atoms with Gasteiger partial charge in [-0.25, -0.2) is 0 Å². The van der Waals surface area contributed by atoms with Gasteiger partial charge in [0.2, 0.25) is 0 Å². The lowest BCUT2D eigenvalue weighted by Crippen LogP contribution is -2.29. The molecule has 0 bridgehead atoms. The fourth-order valence-corrected chi connectivity index (χ4v) is 3.20. The molecule has 1 aromatic rings. The second-order valence-electron chi connectivity index (χ2n) is 5.64. The Bertz CT molecular complexity index is 432. The number of benzene rings is 1. The first-order valence-electron chi connectivity index (χ1n) is 7.06. The molecule has 1 aliphatic heterocycles. The molecule has 0 amide bonds. The fourth-order valence-electron chi connectivity index (χ4n) is 3.20. The zero-order valence-corrected chi connectivity index (χ0v) is 10.7. The molecule has 18 heavy (non-hydrogen) atoms. The molecule has 2 nitrogen and oxygen atoms in total. The van der Waals surface area contributed by atoms with Crippen molar-refractivity contribution in [3.63, 3.8) is 0 Å². The average Bonchev–Trinajstić information content (AvgIpc) is 2.91. The van der Waals surface area contributed by atoms with Gasteiger partial charge in [0.15, 0.2) is 0 Å². The van der Waals surface area contributed by atoms with Crippen LogP contribution in [0, 0.1) is 11.8 Å². The van der Waals surface area contributed by atoms with Crippen molar-refractivity contribution < 1.29 is 9.53 Å². The van der Waals surface area contributed by atoms with Crippen molar-refractivity contribution in [3.05, 3.63) is 29.8 Å². The molecule has 1 aromatic carbocycles. The van der Waals surface area contributed by atoms with E-state index in [2.05, 4.69) is 6.07 Å². The van der Waals surface area contributed by atoms with Crippen LogP contribution in [0.15, 0.2) is 24.3 Å². The lowest BCUT2D eigenvalue weighted by atomic mass is 9.88. The van der Waals surface area contributed by atoms with Crippen LogP contribution in [0.5, 0.6) is 5.75 Å². The van der Waals surface area contributed by atoms with Crippen LogP contribution in [-0.4, -0.2) is 12.4 Å². The largest absolute Gasteiger partial charge is 0.493 e. The molecule has 1 unspecified atom stereocenters. The number of carbonyl (C=O) groups excluding carboxylic acids is 1. The minimum atomic E-state index is 0.0838. The third-order valence-corrected chi connectivity index (χ3v) is 4.30. The second-order valence-corrected chi connectivity index (χ2v) is 5.64. The van der Waals surface area contributed by atoms with E-state index in [1.54, 1.807) is 0 Å². The minimum absolute atomic E-state index is 0.0838. The summed E-state index contributed by atoms with van der Waals surface area (Å²) < 4.78 is 5.70. The molecule has 2 aliphatic rings. The number of ether oxygens (including phenoxy) is 1. The van der Waals surface area contributed by atoms with Gasteiger partial charge in [-0.2, -0.15) is 0 Å². The number of para-hydroxylation sites is 1. The molecule has 0 N–H and O–H groups in total. The maximum Gasteiger partial charge on any atom is 0.139 e. The Morgan fingerprint density at radius 3 is 2.83 bits per heavy atom. The summed E-state index contributed by atoms with van der Waals surface area (Å²) in [5.41, 5.74) is 1.19. The van der Waals surface area contributed by atoms with E-state index in [9.17, 15) is 4.79 Å². The number of hydrogen-bond acceptors (Lipinski definition) is 2. The summed E-state index contributed by atoms with van der Waals surface area (Å²) in [4.78, 5) is 12.3. The molecule has 0 spiro atoms. The number of carbonyl (C=O) groups is 1. The molecule has 1 fully saturated rings. The van der Waals surface area contributed by atoms with Gasteiger partial charge in [0.05, 0.1) is 12.5 Å². The van der Waals surface area contributed by atoms with Gasteiger partial charge in [-0.05, 0) is 24.0 Å². The van der Waals surface area contributed by atoms with Crippen LogP contribution in [0.3, 0.4) is 0 Å². The van der Waals surface area contributed by atoms with Crippen LogP contribution >= 0.6 is 0 Å². The Hall–Kier alpha value is -1.31. The van der Waals surface area contributed by atoms with Crippen molar-refractivity contribution >= 4 is 5.78 Å². The van der Waals surface area contributed by atoms with Crippen molar-refractivity contribution in [2.45, 2.75) is 38.5 Å². The molecule has 0 saturated heterocycles. The first kappa shape index (κ1) is 11.8. The molecule has 0 aromatic heterocycles. The van der Waals surface area contributed by atoms with Gasteiger partial charge in [0, 0.05) is 6.42 Å². The highest BCUT2D eigenvalue weighted by molar-refractivity contribution is 5.82. The first-order chi connectivity index (χ1) is 8.83. The van der Waals surface area contributed by atoms with E-state index in [-0.39, 0.29) is 5.92 Å². The van der Waals surface area contributed by atoms with Crippen LogP contribution in [-0.2, 0) is 11.2 Å². The summed E-state index contributed by atoms with van der Waals surface area (Å²) in [6.07, 6.45) is 6.74. The van der Waals surface area contributed by atoms with Gasteiger partial charge >= 0.3 is 0 Å². The van der Waals surface area contributed by atoms with Crippen LogP contribution in [0.2, 0.25) is 0 Å². The van der Waals surface area contributed by atoms with Crippen molar-refractivity contribution in [1.29, 1.82) is 0 Å². The summed E-state index contributed by atoms with van der Waals surface area (Å²) >= 11 is 0. The highest BCUT2D eigenvalue weighted by Gasteiger charge is 2.28. The van der Waals surface area contributed by atoms with Gasteiger partial charge in [0.25, 0.3) is 0 Å². The summed E-state index contributed by atoms with van der Waals surface area (Å²) in [6, 6.07) is 8.07. The summed E-state index contributed by atoms with van der Waals surface area (Å²) in [5.74, 6) is 2.11. The summed E-state index contributed by atoms with van der Waals surface area (Å²) in [7, 11) is 0. The van der Waals surface area contributed by atoms with Crippen molar-refractivity contribution in [2.75, 3.05) is 6.61 Å². The van der Waals surface area contributed by atoms with Crippen molar-refractivity contribution in [1.82, 2.24) is 0 Å². The molecule has 1 heterocycles. The quantitative estimate of drug-likeness (QED) is 0.814. The van der Waals surface area contributed by atoms with Crippen LogP contribution in [0.1, 0.15) is 37.7 Å². The monoisotopic (exact) mass is 244 g/mol. The molecule has 0 radical (unpaired) electrons. The van der Waals surface area contributed by atoms with Gasteiger partial charge in [0.1, 0.15) is 11.5 Å².